The second-order valence-corrected chi connectivity index (χ2v) is 12.6. The lowest BCUT2D eigenvalue weighted by Crippen LogP contribution is -2.48. The normalized spacial score (nSPS) is 18.0. The maximum atomic E-state index is 14.8. The number of para-hydroxylation sites is 1. The standard InChI is InChI=1S/C25H26ClF3N4O3S.C4H6O6/c1-15-17(12-33(31-15)21-16(4-3-5-19(21)27)13-35-23(34)30-2)11-32-8-6-24(7-9-32)22-18(10-20(26)37-22)25(28,29)14-36-24;5-1(3(7)8)2(6)4(9)10/h3-5,10,12H,6-9,11,13-14H2,1-2H3,(H,30,34);1-2,5-6H,(H,7,8)(H,9,10)/t;1-,2-/m.1/s1. The van der Waals surface area contributed by atoms with Crippen LogP contribution in [0.3, 0.4) is 0 Å². The summed E-state index contributed by atoms with van der Waals surface area (Å²) in [7, 11) is 1.45. The van der Waals surface area contributed by atoms with Gasteiger partial charge in [-0.1, -0.05) is 23.7 Å². The smallest absolute Gasteiger partial charge is 0.407 e. The highest BCUT2D eigenvalue weighted by Gasteiger charge is 2.51. The molecular weight excluding hydrogens is 673 g/mol. The summed E-state index contributed by atoms with van der Waals surface area (Å²) in [5.41, 5.74) is 1.58. The third-order valence-corrected chi connectivity index (χ3v) is 9.21. The Bertz CT molecular complexity index is 1610. The minimum absolute atomic E-state index is 0.0135. The maximum Gasteiger partial charge on any atom is 0.407 e. The van der Waals surface area contributed by atoms with Gasteiger partial charge in [0.15, 0.2) is 12.2 Å². The zero-order chi connectivity index (χ0) is 34.7. The first kappa shape index (κ1) is 36.1. The van der Waals surface area contributed by atoms with Gasteiger partial charge in [-0.2, -0.15) is 13.9 Å². The van der Waals surface area contributed by atoms with Crippen molar-refractivity contribution in [2.24, 2.45) is 0 Å². The fourth-order valence-electron chi connectivity index (χ4n) is 5.21. The quantitative estimate of drug-likeness (QED) is 0.232. The fourth-order valence-corrected chi connectivity index (χ4v) is 6.69. The number of carbonyl (C=O) groups excluding carboxylic acids is 1. The predicted octanol–water partition coefficient (Wildman–Crippen LogP) is 3.38. The highest BCUT2D eigenvalue weighted by Crippen LogP contribution is 2.52. The number of halogens is 4. The molecule has 3 aromatic rings. The van der Waals surface area contributed by atoms with E-state index in [2.05, 4.69) is 15.3 Å². The number of aliphatic hydroxyl groups excluding tert-OH is 2. The van der Waals surface area contributed by atoms with Crippen molar-refractivity contribution in [3.05, 3.63) is 67.9 Å². The van der Waals surface area contributed by atoms with Crippen molar-refractivity contribution in [1.82, 2.24) is 20.0 Å². The summed E-state index contributed by atoms with van der Waals surface area (Å²) in [5, 5.41) is 39.4. The molecule has 2 aliphatic rings. The molecule has 5 N–H and O–H groups in total. The van der Waals surface area contributed by atoms with Crippen LogP contribution in [0.4, 0.5) is 18.0 Å². The first-order valence-corrected chi connectivity index (χ1v) is 15.3. The van der Waals surface area contributed by atoms with Crippen LogP contribution < -0.4 is 5.32 Å². The SMILES string of the molecule is CNC(=O)OCc1cccc(F)c1-n1cc(CN2CCC3(CC2)OCC(F)(F)c2cc(Cl)sc23)c(C)n1.O=C(O)[C@H](O)[C@@H](O)C(=O)O. The minimum atomic E-state index is -3.04. The van der Waals surface area contributed by atoms with Crippen molar-refractivity contribution in [2.75, 3.05) is 26.7 Å². The third-order valence-electron chi connectivity index (χ3n) is 7.77. The second-order valence-electron chi connectivity index (χ2n) is 10.9. The molecule has 1 fully saturated rings. The monoisotopic (exact) mass is 704 g/mol. The van der Waals surface area contributed by atoms with Crippen LogP contribution in [0.2, 0.25) is 4.34 Å². The van der Waals surface area contributed by atoms with E-state index in [4.69, 9.17) is 41.5 Å². The van der Waals surface area contributed by atoms with Crippen LogP contribution in [0.25, 0.3) is 5.69 Å². The number of alkyl halides is 2. The second kappa shape index (κ2) is 14.6. The number of piperidine rings is 1. The molecular formula is C29H32ClF3N4O9S. The summed E-state index contributed by atoms with van der Waals surface area (Å²) in [4.78, 5) is 33.8. The van der Waals surface area contributed by atoms with Gasteiger partial charge in [0.25, 0.3) is 5.92 Å². The molecule has 47 heavy (non-hydrogen) atoms. The van der Waals surface area contributed by atoms with Gasteiger partial charge in [0.1, 0.15) is 30.3 Å². The van der Waals surface area contributed by atoms with Gasteiger partial charge in [-0.05, 0) is 31.9 Å². The van der Waals surface area contributed by atoms with E-state index in [0.717, 1.165) is 11.3 Å². The summed E-state index contributed by atoms with van der Waals surface area (Å²) in [6, 6.07) is 5.93. The largest absolute Gasteiger partial charge is 0.479 e. The number of amides is 1. The van der Waals surface area contributed by atoms with Crippen LogP contribution in [-0.2, 0) is 43.7 Å². The molecule has 0 bridgehead atoms. The van der Waals surface area contributed by atoms with E-state index in [1.807, 2.05) is 6.92 Å². The molecule has 2 aliphatic heterocycles. The Labute approximate surface area is 275 Å². The van der Waals surface area contributed by atoms with Crippen molar-refractivity contribution < 1.29 is 57.5 Å². The van der Waals surface area contributed by atoms with Crippen molar-refractivity contribution in [3.8, 4) is 5.69 Å². The number of fused-ring (bicyclic) bond motifs is 2. The highest BCUT2D eigenvalue weighted by atomic mass is 35.5. The molecule has 4 heterocycles. The number of carbonyl (C=O) groups is 3. The molecule has 256 valence electrons. The predicted molar refractivity (Wildman–Crippen MR) is 160 cm³/mol. The number of alkyl carbamates (subject to hydrolysis) is 1. The molecule has 0 aliphatic carbocycles. The van der Waals surface area contributed by atoms with Crippen LogP contribution in [0.5, 0.6) is 0 Å². The Balaban J connectivity index is 0.000000434. The molecule has 1 spiro atoms. The zero-order valence-electron chi connectivity index (χ0n) is 25.1. The van der Waals surface area contributed by atoms with Crippen molar-refractivity contribution in [2.45, 2.75) is 56.6 Å². The minimum Gasteiger partial charge on any atom is -0.479 e. The van der Waals surface area contributed by atoms with Gasteiger partial charge < -0.3 is 35.2 Å². The third kappa shape index (κ3) is 8.05. The Hall–Kier alpha value is -3.74. The maximum absolute atomic E-state index is 14.8. The zero-order valence-corrected chi connectivity index (χ0v) is 26.7. The molecule has 2 atom stereocenters. The number of hydrogen-bond donors (Lipinski definition) is 5. The van der Waals surface area contributed by atoms with E-state index >= 15 is 0 Å². The van der Waals surface area contributed by atoms with Gasteiger partial charge >= 0.3 is 18.0 Å². The molecule has 0 saturated carbocycles. The lowest BCUT2D eigenvalue weighted by atomic mass is 9.84. The van der Waals surface area contributed by atoms with E-state index in [9.17, 15) is 27.6 Å². The number of aliphatic hydroxyl groups is 2. The summed E-state index contributed by atoms with van der Waals surface area (Å²) in [5.74, 6) is -7.06. The number of benzene rings is 1. The lowest BCUT2D eigenvalue weighted by Gasteiger charge is -2.45. The van der Waals surface area contributed by atoms with Crippen LogP contribution in [0, 0.1) is 12.7 Å². The summed E-state index contributed by atoms with van der Waals surface area (Å²) < 4.78 is 56.4. The number of rotatable bonds is 8. The molecule has 13 nitrogen and oxygen atoms in total. The highest BCUT2D eigenvalue weighted by molar-refractivity contribution is 7.16. The summed E-state index contributed by atoms with van der Waals surface area (Å²) in [6.45, 7) is 2.93. The van der Waals surface area contributed by atoms with Crippen molar-refractivity contribution in [3.63, 3.8) is 0 Å². The first-order chi connectivity index (χ1) is 22.1. The van der Waals surface area contributed by atoms with Gasteiger partial charge in [0.2, 0.25) is 0 Å². The number of carboxylic acids is 2. The van der Waals surface area contributed by atoms with E-state index in [0.29, 0.717) is 47.3 Å². The number of nitrogens with one attached hydrogen (secondary N) is 1. The van der Waals surface area contributed by atoms with E-state index in [1.54, 1.807) is 18.3 Å². The Morgan fingerprint density at radius 3 is 2.38 bits per heavy atom. The van der Waals surface area contributed by atoms with Gasteiger partial charge in [0, 0.05) is 54.4 Å². The average Bonchev–Trinajstić information content (AvgIpc) is 3.61. The van der Waals surface area contributed by atoms with Crippen molar-refractivity contribution >= 4 is 41.0 Å². The van der Waals surface area contributed by atoms with Crippen LogP contribution in [0.1, 0.15) is 40.1 Å². The molecule has 2 aromatic heterocycles. The molecule has 18 heteroatoms. The molecule has 1 aromatic carbocycles. The van der Waals surface area contributed by atoms with Crippen LogP contribution >= 0.6 is 22.9 Å². The molecule has 0 radical (unpaired) electrons. The van der Waals surface area contributed by atoms with E-state index in [1.165, 1.54) is 35.2 Å². The number of nitrogens with zero attached hydrogens (tertiary/aromatic N) is 3. The topological polar surface area (TPSA) is 184 Å². The van der Waals surface area contributed by atoms with Gasteiger partial charge in [-0.25, -0.2) is 23.5 Å². The average molecular weight is 705 g/mol. The number of thiophene rings is 1. The molecule has 1 amide bonds. The fraction of sp³-hybridized carbons (Fsp3) is 0.448. The Morgan fingerprint density at radius 2 is 1.79 bits per heavy atom. The number of carboxylic acid groups (broad SMARTS) is 2. The van der Waals surface area contributed by atoms with Crippen LogP contribution in [-0.4, -0.2) is 92.1 Å². The first-order valence-electron chi connectivity index (χ1n) is 14.1. The number of aromatic nitrogens is 2. The van der Waals surface area contributed by atoms with Crippen LogP contribution in [0.15, 0.2) is 30.5 Å². The van der Waals surface area contributed by atoms with Gasteiger partial charge in [-0.15, -0.1) is 11.3 Å². The number of hydrogen-bond acceptors (Lipinski definition) is 10. The van der Waals surface area contributed by atoms with Gasteiger partial charge in [-0.3, -0.25) is 4.90 Å². The molecule has 5 rings (SSSR count). The summed E-state index contributed by atoms with van der Waals surface area (Å²) >= 11 is 7.28. The van der Waals surface area contributed by atoms with E-state index in [-0.39, 0.29) is 17.9 Å². The Morgan fingerprint density at radius 1 is 1.15 bits per heavy atom. The van der Waals surface area contributed by atoms with Crippen molar-refractivity contribution in [1.29, 1.82) is 0 Å². The lowest BCUT2D eigenvalue weighted by molar-refractivity contribution is -0.182. The molecule has 1 saturated heterocycles. The Kier molecular flexibility index (Phi) is 11.2. The number of ether oxygens (including phenoxy) is 2. The van der Waals surface area contributed by atoms with E-state index < -0.39 is 54.2 Å². The number of likely N-dealkylation sites (tertiary alicyclic amines) is 1. The van der Waals surface area contributed by atoms with Gasteiger partial charge in [0.05, 0.1) is 10.0 Å². The number of aliphatic carboxylic acids is 2. The summed E-state index contributed by atoms with van der Waals surface area (Å²) in [6.07, 6.45) is -2.24. The molecule has 0 unspecified atom stereocenters. The number of aryl methyl sites for hydroxylation is 1.